The molecule has 20 heavy (non-hydrogen) atoms. The van der Waals surface area contributed by atoms with Crippen molar-refractivity contribution in [2.45, 2.75) is 19.6 Å². The summed E-state index contributed by atoms with van der Waals surface area (Å²) in [4.78, 5) is 16.8. The Hall–Kier alpha value is -2.31. The summed E-state index contributed by atoms with van der Waals surface area (Å²) in [6.45, 7) is 2.18. The number of aromatic amines is 1. The van der Waals surface area contributed by atoms with E-state index in [1.807, 2.05) is 31.2 Å². The lowest BCUT2D eigenvalue weighted by molar-refractivity contribution is -0.141. The first-order chi connectivity index (χ1) is 9.34. The Morgan fingerprint density at radius 1 is 1.30 bits per heavy atom. The third kappa shape index (κ3) is 3.59. The van der Waals surface area contributed by atoms with Gasteiger partial charge in [0.2, 0.25) is 5.95 Å². The largest absolute Gasteiger partial charge is 0.433 e. The fraction of sp³-hybridized carbons (Fsp3) is 0.231. The highest BCUT2D eigenvalue weighted by Gasteiger charge is 2.33. The van der Waals surface area contributed by atoms with Crippen LogP contribution < -0.4 is 10.9 Å². The summed E-state index contributed by atoms with van der Waals surface area (Å²) >= 11 is 0. The molecule has 0 bridgehead atoms. The van der Waals surface area contributed by atoms with Gasteiger partial charge in [0.25, 0.3) is 5.56 Å². The van der Waals surface area contributed by atoms with Crippen LogP contribution in [0, 0.1) is 6.92 Å². The molecule has 2 N–H and O–H groups in total. The monoisotopic (exact) mass is 283 g/mol. The maximum atomic E-state index is 12.5. The molecule has 0 unspecified atom stereocenters. The smallest absolute Gasteiger partial charge is 0.352 e. The average molecular weight is 283 g/mol. The molecule has 0 radical (unpaired) electrons. The average Bonchev–Trinajstić information content (AvgIpc) is 2.35. The molecule has 0 atom stereocenters. The number of alkyl halides is 3. The van der Waals surface area contributed by atoms with Crippen LogP contribution in [0.5, 0.6) is 0 Å². The number of aryl methyl sites for hydroxylation is 1. The van der Waals surface area contributed by atoms with Crippen LogP contribution in [-0.2, 0) is 12.7 Å². The van der Waals surface area contributed by atoms with Crippen LogP contribution in [0.25, 0.3) is 0 Å². The normalized spacial score (nSPS) is 11.4. The summed E-state index contributed by atoms with van der Waals surface area (Å²) < 4.78 is 37.6. The van der Waals surface area contributed by atoms with Gasteiger partial charge in [0.05, 0.1) is 0 Å². The molecular formula is C13H12F3N3O. The molecule has 0 spiro atoms. The Balaban J connectivity index is 2.18. The topological polar surface area (TPSA) is 57.8 Å². The number of hydrogen-bond acceptors (Lipinski definition) is 3. The molecule has 2 aromatic rings. The molecule has 0 saturated carbocycles. The lowest BCUT2D eigenvalue weighted by atomic mass is 10.1. The van der Waals surface area contributed by atoms with Gasteiger partial charge in [-0.1, -0.05) is 29.8 Å². The molecule has 106 valence electrons. The van der Waals surface area contributed by atoms with Crippen LogP contribution >= 0.6 is 0 Å². The number of anilines is 1. The van der Waals surface area contributed by atoms with Crippen LogP contribution in [0.1, 0.15) is 16.8 Å². The molecule has 0 aliphatic heterocycles. The van der Waals surface area contributed by atoms with Crippen molar-refractivity contribution in [2.75, 3.05) is 5.32 Å². The van der Waals surface area contributed by atoms with E-state index in [9.17, 15) is 18.0 Å². The van der Waals surface area contributed by atoms with Gasteiger partial charge in [-0.2, -0.15) is 13.2 Å². The van der Waals surface area contributed by atoms with Crippen LogP contribution in [0.4, 0.5) is 19.1 Å². The number of benzene rings is 1. The van der Waals surface area contributed by atoms with E-state index in [1.54, 1.807) is 0 Å². The third-order valence-corrected chi connectivity index (χ3v) is 2.57. The molecular weight excluding hydrogens is 271 g/mol. The quantitative estimate of drug-likeness (QED) is 0.910. The lowest BCUT2D eigenvalue weighted by Gasteiger charge is -2.09. The number of rotatable bonds is 3. The highest BCUT2D eigenvalue weighted by molar-refractivity contribution is 5.30. The molecule has 7 heteroatoms. The Kier molecular flexibility index (Phi) is 3.78. The van der Waals surface area contributed by atoms with Crippen molar-refractivity contribution in [3.05, 3.63) is 57.5 Å². The minimum Gasteiger partial charge on any atom is -0.352 e. The number of nitrogens with zero attached hydrogens (tertiary/aromatic N) is 1. The highest BCUT2D eigenvalue weighted by Crippen LogP contribution is 2.26. The van der Waals surface area contributed by atoms with Crippen molar-refractivity contribution in [3.8, 4) is 0 Å². The summed E-state index contributed by atoms with van der Waals surface area (Å²) in [6.07, 6.45) is -4.64. The van der Waals surface area contributed by atoms with Crippen molar-refractivity contribution < 1.29 is 13.2 Å². The molecule has 1 aromatic heterocycles. The van der Waals surface area contributed by atoms with Gasteiger partial charge < -0.3 is 5.32 Å². The summed E-state index contributed by atoms with van der Waals surface area (Å²) in [5.41, 5.74) is -0.146. The van der Waals surface area contributed by atoms with Crippen LogP contribution in [-0.4, -0.2) is 9.97 Å². The van der Waals surface area contributed by atoms with E-state index in [4.69, 9.17) is 0 Å². The zero-order chi connectivity index (χ0) is 14.8. The minimum atomic E-state index is -4.64. The van der Waals surface area contributed by atoms with Crippen LogP contribution in [0.15, 0.2) is 35.1 Å². The summed E-state index contributed by atoms with van der Waals surface area (Å²) in [7, 11) is 0. The maximum Gasteiger partial charge on any atom is 0.433 e. The number of hydrogen-bond donors (Lipinski definition) is 2. The Bertz CT molecular complexity index is 664. The van der Waals surface area contributed by atoms with Gasteiger partial charge in [-0.25, -0.2) is 4.98 Å². The molecule has 0 fully saturated rings. The van der Waals surface area contributed by atoms with Crippen LogP contribution in [0.3, 0.4) is 0 Å². The van der Waals surface area contributed by atoms with E-state index in [-0.39, 0.29) is 12.5 Å². The van der Waals surface area contributed by atoms with Gasteiger partial charge in [-0.05, 0) is 12.5 Å². The number of H-pyrrole nitrogens is 1. The SMILES string of the molecule is Cc1cccc(CNc2nc(C(F)(F)F)cc(=O)[nH]2)c1. The van der Waals surface area contributed by atoms with Gasteiger partial charge in [-0.15, -0.1) is 0 Å². The van der Waals surface area contributed by atoms with Gasteiger partial charge >= 0.3 is 6.18 Å². The van der Waals surface area contributed by atoms with E-state index in [2.05, 4.69) is 15.3 Å². The fourth-order valence-electron chi connectivity index (χ4n) is 1.69. The predicted octanol–water partition coefficient (Wildman–Crippen LogP) is 2.71. The van der Waals surface area contributed by atoms with E-state index >= 15 is 0 Å². The van der Waals surface area contributed by atoms with E-state index in [0.717, 1.165) is 11.1 Å². The second-order valence-electron chi connectivity index (χ2n) is 4.32. The van der Waals surface area contributed by atoms with E-state index < -0.39 is 17.4 Å². The summed E-state index contributed by atoms with van der Waals surface area (Å²) in [5, 5.41) is 2.67. The van der Waals surface area contributed by atoms with Crippen LogP contribution in [0.2, 0.25) is 0 Å². The van der Waals surface area contributed by atoms with E-state index in [1.165, 1.54) is 0 Å². The van der Waals surface area contributed by atoms with Crippen molar-refractivity contribution in [3.63, 3.8) is 0 Å². The number of aromatic nitrogens is 2. The van der Waals surface area contributed by atoms with Gasteiger partial charge in [0.1, 0.15) is 0 Å². The number of halogens is 3. The Morgan fingerprint density at radius 2 is 2.05 bits per heavy atom. The first-order valence-corrected chi connectivity index (χ1v) is 5.82. The van der Waals surface area contributed by atoms with E-state index in [0.29, 0.717) is 6.07 Å². The fourth-order valence-corrected chi connectivity index (χ4v) is 1.69. The third-order valence-electron chi connectivity index (χ3n) is 2.57. The van der Waals surface area contributed by atoms with Crippen molar-refractivity contribution in [1.82, 2.24) is 9.97 Å². The van der Waals surface area contributed by atoms with Gasteiger partial charge in [0.15, 0.2) is 5.69 Å². The second-order valence-corrected chi connectivity index (χ2v) is 4.32. The maximum absolute atomic E-state index is 12.5. The van der Waals surface area contributed by atoms with Crippen molar-refractivity contribution in [1.29, 1.82) is 0 Å². The van der Waals surface area contributed by atoms with Crippen molar-refractivity contribution >= 4 is 5.95 Å². The highest BCUT2D eigenvalue weighted by atomic mass is 19.4. The molecule has 0 amide bonds. The standard InChI is InChI=1S/C13H12F3N3O/c1-8-3-2-4-9(5-8)7-17-12-18-10(13(14,15)16)6-11(20)19-12/h2-6H,7H2,1H3,(H2,17,18,19,20). The molecule has 1 aromatic carbocycles. The molecule has 0 saturated heterocycles. The Morgan fingerprint density at radius 3 is 2.70 bits per heavy atom. The molecule has 0 aliphatic rings. The van der Waals surface area contributed by atoms with Crippen molar-refractivity contribution in [2.24, 2.45) is 0 Å². The minimum absolute atomic E-state index is 0.202. The first kappa shape index (κ1) is 14.1. The Labute approximate surface area is 112 Å². The number of nitrogens with one attached hydrogen (secondary N) is 2. The lowest BCUT2D eigenvalue weighted by Crippen LogP contribution is -2.18. The first-order valence-electron chi connectivity index (χ1n) is 5.82. The molecule has 2 rings (SSSR count). The summed E-state index contributed by atoms with van der Waals surface area (Å²) in [6, 6.07) is 7.89. The molecule has 0 aliphatic carbocycles. The summed E-state index contributed by atoms with van der Waals surface area (Å²) in [5.74, 6) is -0.202. The van der Waals surface area contributed by atoms with Gasteiger partial charge in [0, 0.05) is 12.6 Å². The van der Waals surface area contributed by atoms with Gasteiger partial charge in [-0.3, -0.25) is 9.78 Å². The predicted molar refractivity (Wildman–Crippen MR) is 68.4 cm³/mol. The molecule has 1 heterocycles. The zero-order valence-electron chi connectivity index (χ0n) is 10.6. The zero-order valence-corrected chi connectivity index (χ0v) is 10.6. The second kappa shape index (κ2) is 5.36. The molecule has 4 nitrogen and oxygen atoms in total.